The van der Waals surface area contributed by atoms with Crippen LogP contribution in [0.3, 0.4) is 0 Å². The fraction of sp³-hybridized carbons (Fsp3) is 0.500. The van der Waals surface area contributed by atoms with E-state index in [1.54, 1.807) is 0 Å². The van der Waals surface area contributed by atoms with Gasteiger partial charge >= 0.3 is 5.97 Å². The van der Waals surface area contributed by atoms with E-state index in [2.05, 4.69) is 23.3 Å². The summed E-state index contributed by atoms with van der Waals surface area (Å²) in [5.41, 5.74) is 2.92. The molecule has 3 aliphatic heterocycles. The minimum absolute atomic E-state index is 0.0710. The number of allylic oxidation sites excluding steroid dienone is 1. The summed E-state index contributed by atoms with van der Waals surface area (Å²) in [5.74, 6) is 6.74. The van der Waals surface area contributed by atoms with E-state index in [4.69, 9.17) is 4.74 Å². The van der Waals surface area contributed by atoms with Crippen molar-refractivity contribution in [1.29, 1.82) is 0 Å². The average Bonchev–Trinajstić information content (AvgIpc) is 2.64. The van der Waals surface area contributed by atoms with E-state index in [0.717, 1.165) is 42.6 Å². The van der Waals surface area contributed by atoms with Gasteiger partial charge in [-0.2, -0.15) is 0 Å². The molecule has 1 aromatic rings. The fourth-order valence-corrected chi connectivity index (χ4v) is 3.92. The van der Waals surface area contributed by atoms with Gasteiger partial charge in [-0.3, -0.25) is 9.69 Å². The van der Waals surface area contributed by atoms with Gasteiger partial charge in [-0.05, 0) is 62.4 Å². The molecule has 0 aromatic heterocycles. The van der Waals surface area contributed by atoms with Crippen LogP contribution in [-0.2, 0) is 22.4 Å². The Morgan fingerprint density at radius 2 is 2.19 bits per heavy atom. The Labute approximate surface area is 155 Å². The topological polar surface area (TPSA) is 49.8 Å². The van der Waals surface area contributed by atoms with Crippen LogP contribution in [0.2, 0.25) is 0 Å². The van der Waals surface area contributed by atoms with Crippen LogP contribution in [0, 0.1) is 17.8 Å². The lowest BCUT2D eigenvalue weighted by atomic mass is 9.81. The minimum Gasteiger partial charge on any atom is -0.466 e. The number of aliphatic hydroxyl groups excluding tert-OH is 1. The molecule has 0 amide bonds. The van der Waals surface area contributed by atoms with E-state index in [0.29, 0.717) is 18.9 Å². The Morgan fingerprint density at radius 3 is 2.85 bits per heavy atom. The maximum atomic E-state index is 11.7. The number of carbonyl (C=O) groups is 1. The number of fused-ring (bicyclic) bond motifs is 3. The number of hydrogen-bond acceptors (Lipinski definition) is 4. The highest BCUT2D eigenvalue weighted by Gasteiger charge is 2.40. The molecule has 3 aliphatic rings. The normalized spacial score (nSPS) is 26.7. The van der Waals surface area contributed by atoms with E-state index >= 15 is 0 Å². The first-order valence-corrected chi connectivity index (χ1v) is 9.44. The average molecular weight is 353 g/mol. The number of ether oxygens (including phenoxy) is 1. The molecule has 0 radical (unpaired) electrons. The summed E-state index contributed by atoms with van der Waals surface area (Å²) in [6, 6.07) is 5.82. The van der Waals surface area contributed by atoms with Gasteiger partial charge in [0.25, 0.3) is 0 Å². The summed E-state index contributed by atoms with van der Waals surface area (Å²) in [4.78, 5) is 14.0. The van der Waals surface area contributed by atoms with Gasteiger partial charge in [-0.25, -0.2) is 0 Å². The SMILES string of the molecule is C=CCc1cc(CC(=O)OCC)ccc1C#CC1C(O)C2CCN1CC2. The molecule has 2 bridgehead atoms. The zero-order valence-corrected chi connectivity index (χ0v) is 15.4. The Hall–Kier alpha value is -2.09. The first kappa shape index (κ1) is 18.7. The molecule has 0 spiro atoms. The molecule has 2 unspecified atom stereocenters. The van der Waals surface area contributed by atoms with Crippen LogP contribution in [0.15, 0.2) is 30.9 Å². The Bertz CT molecular complexity index is 721. The molecular weight excluding hydrogens is 326 g/mol. The van der Waals surface area contributed by atoms with Crippen molar-refractivity contribution in [1.82, 2.24) is 4.90 Å². The number of nitrogens with zero attached hydrogens (tertiary/aromatic N) is 1. The molecule has 3 heterocycles. The monoisotopic (exact) mass is 353 g/mol. The van der Waals surface area contributed by atoms with E-state index in [9.17, 15) is 9.90 Å². The Balaban J connectivity index is 1.79. The van der Waals surface area contributed by atoms with Crippen molar-refractivity contribution in [3.8, 4) is 11.8 Å². The van der Waals surface area contributed by atoms with Gasteiger partial charge in [0.05, 0.1) is 25.2 Å². The highest BCUT2D eigenvalue weighted by atomic mass is 16.5. The molecule has 2 atom stereocenters. The molecular formula is C22H27NO3. The third-order valence-electron chi connectivity index (χ3n) is 5.32. The van der Waals surface area contributed by atoms with Crippen LogP contribution in [0.5, 0.6) is 0 Å². The lowest BCUT2D eigenvalue weighted by molar-refractivity contribution is -0.142. The van der Waals surface area contributed by atoms with Crippen LogP contribution in [0.4, 0.5) is 0 Å². The Morgan fingerprint density at radius 1 is 1.42 bits per heavy atom. The van der Waals surface area contributed by atoms with Crippen LogP contribution in [0.25, 0.3) is 0 Å². The quantitative estimate of drug-likeness (QED) is 0.501. The third-order valence-corrected chi connectivity index (χ3v) is 5.32. The molecule has 3 saturated heterocycles. The van der Waals surface area contributed by atoms with Gasteiger partial charge in [0, 0.05) is 5.56 Å². The van der Waals surface area contributed by atoms with Crippen LogP contribution in [0.1, 0.15) is 36.5 Å². The number of aliphatic hydroxyl groups is 1. The molecule has 26 heavy (non-hydrogen) atoms. The zero-order chi connectivity index (χ0) is 18.5. The summed E-state index contributed by atoms with van der Waals surface area (Å²) in [7, 11) is 0. The van der Waals surface area contributed by atoms with Crippen LogP contribution >= 0.6 is 0 Å². The van der Waals surface area contributed by atoms with Gasteiger partial charge in [0.15, 0.2) is 0 Å². The summed E-state index contributed by atoms with van der Waals surface area (Å²) >= 11 is 0. The molecule has 0 aliphatic carbocycles. The lowest BCUT2D eigenvalue weighted by Gasteiger charge is -2.46. The van der Waals surface area contributed by atoms with E-state index in [1.807, 2.05) is 31.2 Å². The van der Waals surface area contributed by atoms with Gasteiger partial charge in [0.1, 0.15) is 0 Å². The first-order valence-electron chi connectivity index (χ1n) is 9.44. The number of rotatable bonds is 5. The summed E-state index contributed by atoms with van der Waals surface area (Å²) < 4.78 is 5.02. The Kier molecular flexibility index (Phi) is 6.13. The number of hydrogen-bond donors (Lipinski definition) is 1. The molecule has 0 saturated carbocycles. The second-order valence-corrected chi connectivity index (χ2v) is 7.04. The molecule has 3 fully saturated rings. The van der Waals surface area contributed by atoms with E-state index < -0.39 is 0 Å². The van der Waals surface area contributed by atoms with Gasteiger partial charge in [-0.15, -0.1) is 6.58 Å². The fourth-order valence-electron chi connectivity index (χ4n) is 3.92. The predicted octanol–water partition coefficient (Wildman–Crippen LogP) is 2.33. The van der Waals surface area contributed by atoms with Crippen molar-refractivity contribution in [2.75, 3.05) is 19.7 Å². The number of carbonyl (C=O) groups excluding carboxylic acids is 1. The van der Waals surface area contributed by atoms with Crippen molar-refractivity contribution in [2.45, 2.75) is 44.8 Å². The molecule has 4 rings (SSSR count). The third kappa shape index (κ3) is 4.17. The lowest BCUT2D eigenvalue weighted by Crippen LogP contribution is -2.57. The molecule has 4 nitrogen and oxygen atoms in total. The predicted molar refractivity (Wildman–Crippen MR) is 102 cm³/mol. The first-order chi connectivity index (χ1) is 12.6. The smallest absolute Gasteiger partial charge is 0.310 e. The largest absolute Gasteiger partial charge is 0.466 e. The van der Waals surface area contributed by atoms with Crippen LogP contribution in [-0.4, -0.2) is 47.8 Å². The second-order valence-electron chi connectivity index (χ2n) is 7.04. The van der Waals surface area contributed by atoms with Gasteiger partial charge < -0.3 is 9.84 Å². The standard InChI is InChI=1S/C22H27NO3/c1-3-5-19-14-16(15-21(24)26-4-2)6-7-17(19)8-9-20-22(25)18-10-12-23(20)13-11-18/h3,6-7,14,18,20,22,25H,1,4-5,10-13,15H2,2H3. The summed E-state index contributed by atoms with van der Waals surface area (Å²) in [6.45, 7) is 8.08. The highest BCUT2D eigenvalue weighted by Crippen LogP contribution is 2.32. The van der Waals surface area contributed by atoms with Crippen molar-refractivity contribution in [3.63, 3.8) is 0 Å². The summed E-state index contributed by atoms with van der Waals surface area (Å²) in [6.07, 6.45) is 4.60. The number of esters is 1. The minimum atomic E-state index is -0.351. The van der Waals surface area contributed by atoms with E-state index in [-0.39, 0.29) is 24.5 Å². The van der Waals surface area contributed by atoms with Crippen LogP contribution < -0.4 is 0 Å². The highest BCUT2D eigenvalue weighted by molar-refractivity contribution is 5.72. The maximum Gasteiger partial charge on any atom is 0.310 e. The molecule has 138 valence electrons. The molecule has 4 heteroatoms. The zero-order valence-electron chi connectivity index (χ0n) is 15.4. The van der Waals surface area contributed by atoms with Crippen molar-refractivity contribution in [2.24, 2.45) is 5.92 Å². The number of benzene rings is 1. The summed E-state index contributed by atoms with van der Waals surface area (Å²) in [5, 5.41) is 10.5. The molecule has 1 N–H and O–H groups in total. The van der Waals surface area contributed by atoms with Crippen molar-refractivity contribution >= 4 is 5.97 Å². The van der Waals surface area contributed by atoms with Gasteiger partial charge in [0.2, 0.25) is 0 Å². The second kappa shape index (κ2) is 8.53. The van der Waals surface area contributed by atoms with Crippen molar-refractivity contribution in [3.05, 3.63) is 47.5 Å². The van der Waals surface area contributed by atoms with E-state index in [1.165, 1.54) is 0 Å². The van der Waals surface area contributed by atoms with Gasteiger partial charge in [-0.1, -0.05) is 30.0 Å². The maximum absolute atomic E-state index is 11.7. The number of piperidine rings is 3. The van der Waals surface area contributed by atoms with Crippen molar-refractivity contribution < 1.29 is 14.6 Å². The molecule has 1 aromatic carbocycles.